The Labute approximate surface area is 107 Å². The van der Waals surface area contributed by atoms with Gasteiger partial charge in [0, 0.05) is 12.5 Å². The Morgan fingerprint density at radius 2 is 1.88 bits per heavy atom. The molecule has 0 radical (unpaired) electrons. The topological polar surface area (TPSA) is 26.3 Å². The van der Waals surface area contributed by atoms with E-state index >= 15 is 0 Å². The minimum atomic E-state index is -1.67. The van der Waals surface area contributed by atoms with Gasteiger partial charge >= 0.3 is 0 Å². The molecule has 0 aromatic carbocycles. The molecule has 0 aliphatic heterocycles. The molecule has 1 aliphatic rings. The van der Waals surface area contributed by atoms with Crippen LogP contribution in [0.1, 0.15) is 33.6 Å². The zero-order chi connectivity index (χ0) is 13.1. The summed E-state index contributed by atoms with van der Waals surface area (Å²) < 4.78 is 6.21. The molecule has 0 bridgehead atoms. The van der Waals surface area contributed by atoms with Gasteiger partial charge in [-0.25, -0.2) is 0 Å². The van der Waals surface area contributed by atoms with E-state index in [-0.39, 0.29) is 11.0 Å². The lowest BCUT2D eigenvalue weighted by atomic mass is 9.85. The van der Waals surface area contributed by atoms with Crippen molar-refractivity contribution in [2.24, 2.45) is 11.8 Å². The molecule has 0 aromatic rings. The van der Waals surface area contributed by atoms with Gasteiger partial charge < -0.3 is 9.22 Å². The molecule has 98 valence electrons. The Balaban J connectivity index is 2.55. The molecule has 0 spiro atoms. The molecule has 17 heavy (non-hydrogen) atoms. The Morgan fingerprint density at radius 1 is 1.29 bits per heavy atom. The van der Waals surface area contributed by atoms with E-state index in [1.54, 1.807) is 0 Å². The molecule has 0 saturated heterocycles. The maximum Gasteiger partial charge on any atom is 0.191 e. The fourth-order valence-electron chi connectivity index (χ4n) is 1.78. The van der Waals surface area contributed by atoms with E-state index < -0.39 is 8.32 Å². The third-order valence-corrected chi connectivity index (χ3v) is 8.76. The second-order valence-corrected chi connectivity index (χ2v) is 11.4. The molecule has 2 unspecified atom stereocenters. The number of allylic oxidation sites excluding steroid dienone is 2. The molecule has 0 fully saturated rings. The highest BCUT2D eigenvalue weighted by molar-refractivity contribution is 6.74. The fraction of sp³-hybridized carbons (Fsp3) is 0.786. The lowest BCUT2D eigenvalue weighted by molar-refractivity contribution is -0.113. The first-order valence-corrected chi connectivity index (χ1v) is 9.43. The third kappa shape index (κ3) is 3.78. The average molecular weight is 254 g/mol. The molecule has 1 aliphatic carbocycles. The summed E-state index contributed by atoms with van der Waals surface area (Å²) in [7, 11) is -1.67. The highest BCUT2D eigenvalue weighted by Crippen LogP contribution is 2.37. The molecule has 2 nitrogen and oxygen atoms in total. The quantitative estimate of drug-likeness (QED) is 0.433. The average Bonchev–Trinajstić information content (AvgIpc) is 2.25. The van der Waals surface area contributed by atoms with Gasteiger partial charge in [-0.15, -0.1) is 0 Å². The van der Waals surface area contributed by atoms with Gasteiger partial charge in [-0.3, -0.25) is 0 Å². The Bertz CT molecular complexity index is 289. The molecule has 0 amide bonds. The van der Waals surface area contributed by atoms with Gasteiger partial charge in [-0.05, 0) is 36.9 Å². The van der Waals surface area contributed by atoms with Crippen molar-refractivity contribution in [3.05, 3.63) is 12.2 Å². The van der Waals surface area contributed by atoms with E-state index in [0.717, 1.165) is 25.7 Å². The standard InChI is InChI=1S/C14H26O2Si/c1-14(2,3)17(4,5)16-11-13-9-7-6-8-12(13)10-15/h6-7,10,12-13H,8-9,11H2,1-5H3. The van der Waals surface area contributed by atoms with E-state index in [1.165, 1.54) is 0 Å². The van der Waals surface area contributed by atoms with E-state index in [9.17, 15) is 4.79 Å². The summed E-state index contributed by atoms with van der Waals surface area (Å²) in [5.74, 6) is 0.538. The first kappa shape index (κ1) is 14.6. The lowest BCUT2D eigenvalue weighted by Crippen LogP contribution is -2.42. The zero-order valence-electron chi connectivity index (χ0n) is 11.8. The van der Waals surface area contributed by atoms with Crippen LogP contribution in [0.4, 0.5) is 0 Å². The zero-order valence-corrected chi connectivity index (χ0v) is 12.8. The summed E-state index contributed by atoms with van der Waals surface area (Å²) in [5, 5.41) is 0.244. The van der Waals surface area contributed by atoms with Crippen LogP contribution in [0.25, 0.3) is 0 Å². The minimum absolute atomic E-state index is 0.157. The van der Waals surface area contributed by atoms with Crippen molar-refractivity contribution < 1.29 is 9.22 Å². The maximum atomic E-state index is 11.0. The van der Waals surface area contributed by atoms with Gasteiger partial charge in [0.25, 0.3) is 0 Å². The monoisotopic (exact) mass is 254 g/mol. The molecular formula is C14H26O2Si. The Morgan fingerprint density at radius 3 is 2.41 bits per heavy atom. The molecular weight excluding hydrogens is 228 g/mol. The summed E-state index contributed by atoms with van der Waals surface area (Å²) in [4.78, 5) is 11.0. The molecule has 2 atom stereocenters. The summed E-state index contributed by atoms with van der Waals surface area (Å²) in [6.45, 7) is 12.0. The summed E-state index contributed by atoms with van der Waals surface area (Å²) in [6, 6.07) is 0. The third-order valence-electron chi connectivity index (χ3n) is 4.26. The predicted molar refractivity (Wildman–Crippen MR) is 74.6 cm³/mol. The van der Waals surface area contributed by atoms with Crippen LogP contribution in [0.3, 0.4) is 0 Å². The van der Waals surface area contributed by atoms with Gasteiger partial charge in [0.05, 0.1) is 0 Å². The van der Waals surface area contributed by atoms with E-state index in [0.29, 0.717) is 5.92 Å². The molecule has 0 N–H and O–H groups in total. The molecule has 0 aromatic heterocycles. The van der Waals surface area contributed by atoms with Crippen LogP contribution in [0.5, 0.6) is 0 Å². The van der Waals surface area contributed by atoms with E-state index in [2.05, 4.69) is 46.0 Å². The van der Waals surface area contributed by atoms with Crippen molar-refractivity contribution >= 4 is 14.6 Å². The Kier molecular flexibility index (Phi) is 4.73. The number of rotatable bonds is 4. The van der Waals surface area contributed by atoms with Crippen LogP contribution in [-0.2, 0) is 9.22 Å². The van der Waals surface area contributed by atoms with Crippen molar-refractivity contribution in [2.45, 2.75) is 51.7 Å². The molecule has 0 heterocycles. The first-order chi connectivity index (χ1) is 7.78. The lowest BCUT2D eigenvalue weighted by Gasteiger charge is -2.38. The van der Waals surface area contributed by atoms with Gasteiger partial charge in [-0.1, -0.05) is 32.9 Å². The second-order valence-electron chi connectivity index (χ2n) is 6.57. The SMILES string of the molecule is CC(C)(C)[Si](C)(C)OCC1CC=CCC1C=O. The molecule has 1 rings (SSSR count). The number of carbonyl (C=O) groups is 1. The van der Waals surface area contributed by atoms with Gasteiger partial charge in [0.2, 0.25) is 0 Å². The van der Waals surface area contributed by atoms with Crippen molar-refractivity contribution in [2.75, 3.05) is 6.61 Å². The van der Waals surface area contributed by atoms with Crippen molar-refractivity contribution in [3.63, 3.8) is 0 Å². The minimum Gasteiger partial charge on any atom is -0.417 e. The van der Waals surface area contributed by atoms with Crippen molar-refractivity contribution in [1.82, 2.24) is 0 Å². The highest BCUT2D eigenvalue weighted by atomic mass is 28.4. The van der Waals surface area contributed by atoms with Crippen LogP contribution in [0.2, 0.25) is 18.1 Å². The number of aldehydes is 1. The summed E-state index contributed by atoms with van der Waals surface area (Å²) >= 11 is 0. The molecule has 0 saturated carbocycles. The summed E-state index contributed by atoms with van der Waals surface area (Å²) in [6.07, 6.45) is 7.26. The largest absolute Gasteiger partial charge is 0.417 e. The van der Waals surface area contributed by atoms with Crippen LogP contribution < -0.4 is 0 Å². The van der Waals surface area contributed by atoms with Gasteiger partial charge in [-0.2, -0.15) is 0 Å². The van der Waals surface area contributed by atoms with E-state index in [1.807, 2.05) is 0 Å². The van der Waals surface area contributed by atoms with Crippen LogP contribution in [0, 0.1) is 11.8 Å². The summed E-state index contributed by atoms with van der Waals surface area (Å²) in [5.41, 5.74) is 0. The number of hydrogen-bond acceptors (Lipinski definition) is 2. The fourth-order valence-corrected chi connectivity index (χ4v) is 2.85. The van der Waals surface area contributed by atoms with E-state index in [4.69, 9.17) is 4.43 Å². The van der Waals surface area contributed by atoms with Crippen molar-refractivity contribution in [3.8, 4) is 0 Å². The molecule has 3 heteroatoms. The number of hydrogen-bond donors (Lipinski definition) is 0. The number of carbonyl (C=O) groups excluding carboxylic acids is 1. The highest BCUT2D eigenvalue weighted by Gasteiger charge is 2.38. The smallest absolute Gasteiger partial charge is 0.191 e. The van der Waals surface area contributed by atoms with Crippen LogP contribution in [-0.4, -0.2) is 21.2 Å². The maximum absolute atomic E-state index is 11.0. The predicted octanol–water partition coefficient (Wildman–Crippen LogP) is 3.79. The van der Waals surface area contributed by atoms with Crippen LogP contribution in [0.15, 0.2) is 12.2 Å². The first-order valence-electron chi connectivity index (χ1n) is 6.52. The Hall–Kier alpha value is -0.413. The van der Waals surface area contributed by atoms with Crippen molar-refractivity contribution in [1.29, 1.82) is 0 Å². The normalized spacial score (nSPS) is 25.9. The second kappa shape index (κ2) is 5.49. The van der Waals surface area contributed by atoms with Crippen LogP contribution >= 0.6 is 0 Å². The van der Waals surface area contributed by atoms with Gasteiger partial charge in [0.1, 0.15) is 6.29 Å². The van der Waals surface area contributed by atoms with Gasteiger partial charge in [0.15, 0.2) is 8.32 Å².